The van der Waals surface area contributed by atoms with Crippen LogP contribution in [-0.2, 0) is 9.53 Å². The van der Waals surface area contributed by atoms with Crippen molar-refractivity contribution in [1.82, 2.24) is 4.98 Å². The number of carbonyl (C=O) groups excluding carboxylic acids is 1. The van der Waals surface area contributed by atoms with Crippen LogP contribution in [0.3, 0.4) is 0 Å². The summed E-state index contributed by atoms with van der Waals surface area (Å²) in [5, 5.41) is 11.8. The molecule has 0 atom stereocenters. The molecule has 19 heavy (non-hydrogen) atoms. The first kappa shape index (κ1) is 12.8. The summed E-state index contributed by atoms with van der Waals surface area (Å²) in [5.41, 5.74) is 1.91. The zero-order valence-electron chi connectivity index (χ0n) is 10.5. The molecule has 0 aliphatic heterocycles. The lowest BCUT2D eigenvalue weighted by Gasteiger charge is -2.01. The standard InChI is InChI=1S/C13H12N2O4/c1-8-5-9(6-10-3-4-14-12(8)10)7-11(15(17)18)13(16)19-2/h3-7,14H,1-2H3. The van der Waals surface area contributed by atoms with Crippen molar-refractivity contribution in [2.24, 2.45) is 0 Å². The van der Waals surface area contributed by atoms with E-state index in [2.05, 4.69) is 9.72 Å². The van der Waals surface area contributed by atoms with Crippen molar-refractivity contribution in [3.8, 4) is 0 Å². The van der Waals surface area contributed by atoms with Crippen LogP contribution in [0.1, 0.15) is 11.1 Å². The highest BCUT2D eigenvalue weighted by Gasteiger charge is 2.22. The largest absolute Gasteiger partial charge is 0.461 e. The van der Waals surface area contributed by atoms with E-state index in [9.17, 15) is 14.9 Å². The minimum Gasteiger partial charge on any atom is -0.461 e. The highest BCUT2D eigenvalue weighted by molar-refractivity contribution is 5.92. The summed E-state index contributed by atoms with van der Waals surface area (Å²) >= 11 is 0. The summed E-state index contributed by atoms with van der Waals surface area (Å²) in [7, 11) is 1.11. The summed E-state index contributed by atoms with van der Waals surface area (Å²) in [4.78, 5) is 24.5. The number of rotatable bonds is 3. The molecule has 0 amide bonds. The van der Waals surface area contributed by atoms with Gasteiger partial charge in [-0.2, -0.15) is 0 Å². The molecule has 0 radical (unpaired) electrons. The van der Waals surface area contributed by atoms with E-state index >= 15 is 0 Å². The highest BCUT2D eigenvalue weighted by Crippen LogP contribution is 2.21. The Balaban J connectivity index is 2.54. The molecule has 0 saturated carbocycles. The summed E-state index contributed by atoms with van der Waals surface area (Å²) < 4.78 is 4.39. The van der Waals surface area contributed by atoms with Gasteiger partial charge in [-0.1, -0.05) is 0 Å². The fourth-order valence-corrected chi connectivity index (χ4v) is 1.92. The van der Waals surface area contributed by atoms with Gasteiger partial charge in [0.05, 0.1) is 12.0 Å². The van der Waals surface area contributed by atoms with Crippen molar-refractivity contribution in [2.45, 2.75) is 6.92 Å². The molecule has 0 spiro atoms. The molecule has 0 aliphatic carbocycles. The predicted molar refractivity (Wildman–Crippen MR) is 70.0 cm³/mol. The number of ether oxygens (including phenoxy) is 1. The van der Waals surface area contributed by atoms with E-state index in [1.807, 2.05) is 13.0 Å². The molecule has 0 fully saturated rings. The number of hydrogen-bond acceptors (Lipinski definition) is 4. The molecule has 1 aromatic carbocycles. The minimum atomic E-state index is -0.961. The Hall–Kier alpha value is -2.63. The third kappa shape index (κ3) is 2.47. The fraction of sp³-hybridized carbons (Fsp3) is 0.154. The summed E-state index contributed by atoms with van der Waals surface area (Å²) in [6.45, 7) is 1.89. The van der Waals surface area contributed by atoms with E-state index in [4.69, 9.17) is 0 Å². The summed E-state index contributed by atoms with van der Waals surface area (Å²) in [6, 6.07) is 5.40. The molecular weight excluding hydrogens is 248 g/mol. The molecule has 6 heteroatoms. The van der Waals surface area contributed by atoms with E-state index in [0.29, 0.717) is 5.56 Å². The van der Waals surface area contributed by atoms with E-state index in [1.165, 1.54) is 6.08 Å². The Morgan fingerprint density at radius 3 is 2.84 bits per heavy atom. The lowest BCUT2D eigenvalue weighted by Crippen LogP contribution is -2.12. The zero-order valence-corrected chi connectivity index (χ0v) is 10.5. The molecule has 0 saturated heterocycles. The van der Waals surface area contributed by atoms with Gasteiger partial charge in [-0.15, -0.1) is 0 Å². The molecule has 1 heterocycles. The number of fused-ring (bicyclic) bond motifs is 1. The topological polar surface area (TPSA) is 85.2 Å². The molecular formula is C13H12N2O4. The molecule has 1 N–H and O–H groups in total. The number of benzene rings is 1. The minimum absolute atomic E-state index is 0.585. The normalized spacial score (nSPS) is 11.6. The fourth-order valence-electron chi connectivity index (χ4n) is 1.92. The maximum absolute atomic E-state index is 11.3. The molecule has 6 nitrogen and oxygen atoms in total. The Labute approximate surface area is 108 Å². The van der Waals surface area contributed by atoms with Crippen LogP contribution < -0.4 is 0 Å². The van der Waals surface area contributed by atoms with Crippen LogP contribution in [0, 0.1) is 17.0 Å². The van der Waals surface area contributed by atoms with E-state index in [-0.39, 0.29) is 0 Å². The first-order valence-corrected chi connectivity index (χ1v) is 5.55. The van der Waals surface area contributed by atoms with Crippen LogP contribution in [0.2, 0.25) is 0 Å². The maximum Gasteiger partial charge on any atom is 0.409 e. The van der Waals surface area contributed by atoms with Crippen LogP contribution in [0.4, 0.5) is 0 Å². The number of nitro groups is 1. The Morgan fingerprint density at radius 1 is 1.47 bits per heavy atom. The number of esters is 1. The summed E-state index contributed by atoms with van der Waals surface area (Å²) in [5.74, 6) is -0.961. The highest BCUT2D eigenvalue weighted by atomic mass is 16.6. The number of nitrogens with zero attached hydrogens (tertiary/aromatic N) is 1. The lowest BCUT2D eigenvalue weighted by atomic mass is 10.1. The SMILES string of the molecule is COC(=O)C(=Cc1cc(C)c2[nH]ccc2c1)[N+](=O)[O-]. The van der Waals surface area contributed by atoms with Crippen LogP contribution in [0.5, 0.6) is 0 Å². The molecule has 0 unspecified atom stereocenters. The quantitative estimate of drug-likeness (QED) is 0.397. The number of nitrogens with one attached hydrogen (secondary N) is 1. The smallest absolute Gasteiger partial charge is 0.409 e. The van der Waals surface area contributed by atoms with Crippen molar-refractivity contribution in [1.29, 1.82) is 0 Å². The average molecular weight is 260 g/mol. The van der Waals surface area contributed by atoms with Gasteiger partial charge in [-0.3, -0.25) is 10.1 Å². The second kappa shape index (κ2) is 4.93. The Morgan fingerprint density at radius 2 is 2.21 bits per heavy atom. The number of aryl methyl sites for hydroxylation is 1. The number of aromatic amines is 1. The maximum atomic E-state index is 11.3. The van der Waals surface area contributed by atoms with Crippen LogP contribution in [0.15, 0.2) is 30.1 Å². The van der Waals surface area contributed by atoms with Crippen molar-refractivity contribution >= 4 is 22.9 Å². The molecule has 2 rings (SSSR count). The number of aromatic nitrogens is 1. The number of H-pyrrole nitrogens is 1. The molecule has 1 aromatic heterocycles. The average Bonchev–Trinajstić information content (AvgIpc) is 2.83. The number of hydrogen-bond donors (Lipinski definition) is 1. The van der Waals surface area contributed by atoms with Gasteiger partial charge in [0.15, 0.2) is 0 Å². The first-order chi connectivity index (χ1) is 9.02. The van der Waals surface area contributed by atoms with Crippen molar-refractivity contribution in [3.05, 3.63) is 51.3 Å². The van der Waals surface area contributed by atoms with E-state index < -0.39 is 16.6 Å². The Bertz CT molecular complexity index is 685. The van der Waals surface area contributed by atoms with Crippen molar-refractivity contribution in [2.75, 3.05) is 7.11 Å². The van der Waals surface area contributed by atoms with Crippen LogP contribution in [0.25, 0.3) is 17.0 Å². The third-order valence-corrected chi connectivity index (χ3v) is 2.77. The van der Waals surface area contributed by atoms with Gasteiger partial charge in [-0.25, -0.2) is 4.79 Å². The van der Waals surface area contributed by atoms with Gasteiger partial charge in [0.25, 0.3) is 0 Å². The molecule has 98 valence electrons. The third-order valence-electron chi connectivity index (χ3n) is 2.77. The van der Waals surface area contributed by atoms with Gasteiger partial charge >= 0.3 is 11.7 Å². The van der Waals surface area contributed by atoms with Crippen LogP contribution in [-0.4, -0.2) is 23.0 Å². The predicted octanol–water partition coefficient (Wildman–Crippen LogP) is 2.27. The Kier molecular flexibility index (Phi) is 3.33. The van der Waals surface area contributed by atoms with Gasteiger partial charge in [0.2, 0.25) is 0 Å². The second-order valence-electron chi connectivity index (χ2n) is 4.06. The van der Waals surface area contributed by atoms with Gasteiger partial charge in [0, 0.05) is 23.2 Å². The van der Waals surface area contributed by atoms with Gasteiger partial charge in [-0.05, 0) is 36.2 Å². The molecule has 2 aromatic rings. The number of methoxy groups -OCH3 is 1. The van der Waals surface area contributed by atoms with Crippen LogP contribution >= 0.6 is 0 Å². The van der Waals surface area contributed by atoms with Crippen molar-refractivity contribution in [3.63, 3.8) is 0 Å². The zero-order chi connectivity index (χ0) is 14.0. The lowest BCUT2D eigenvalue weighted by molar-refractivity contribution is -0.419. The van der Waals surface area contributed by atoms with Gasteiger partial charge < -0.3 is 9.72 Å². The van der Waals surface area contributed by atoms with Crippen molar-refractivity contribution < 1.29 is 14.5 Å². The second-order valence-corrected chi connectivity index (χ2v) is 4.06. The van der Waals surface area contributed by atoms with E-state index in [1.54, 1.807) is 18.3 Å². The summed E-state index contributed by atoms with van der Waals surface area (Å²) in [6.07, 6.45) is 3.01. The number of carbonyl (C=O) groups is 1. The molecule has 0 aliphatic rings. The monoisotopic (exact) mass is 260 g/mol. The first-order valence-electron chi connectivity index (χ1n) is 5.55. The van der Waals surface area contributed by atoms with E-state index in [0.717, 1.165) is 23.6 Å². The van der Waals surface area contributed by atoms with Gasteiger partial charge in [0.1, 0.15) is 0 Å². The molecule has 0 bridgehead atoms.